The summed E-state index contributed by atoms with van der Waals surface area (Å²) in [5.74, 6) is 0.875. The van der Waals surface area contributed by atoms with Crippen LogP contribution in [0.2, 0.25) is 5.02 Å². The summed E-state index contributed by atoms with van der Waals surface area (Å²) in [6, 6.07) is 10.2. The Hall–Kier alpha value is -2.33. The number of amides is 1. The molecule has 1 amide bonds. The predicted octanol–water partition coefficient (Wildman–Crippen LogP) is 3.02. The summed E-state index contributed by atoms with van der Waals surface area (Å²) in [4.78, 5) is 12.6. The lowest BCUT2D eigenvalue weighted by molar-refractivity contribution is -0.121. The largest absolute Gasteiger partial charge is 0.493 e. The first-order valence-corrected chi connectivity index (χ1v) is 12.6. The number of hydrogen-bond donors (Lipinski definition) is 1. The molecule has 10 heteroatoms. The first-order valence-electron chi connectivity index (χ1n) is 10.8. The summed E-state index contributed by atoms with van der Waals surface area (Å²) in [7, 11) is -1.99. The van der Waals surface area contributed by atoms with Crippen molar-refractivity contribution >= 4 is 27.5 Å². The van der Waals surface area contributed by atoms with E-state index in [1.807, 2.05) is 6.92 Å². The average molecular weight is 497 g/mol. The number of aryl methyl sites for hydroxylation is 1. The van der Waals surface area contributed by atoms with E-state index in [1.165, 1.54) is 11.4 Å². The zero-order chi connectivity index (χ0) is 23.8. The molecule has 2 aromatic rings. The Kier molecular flexibility index (Phi) is 8.96. The van der Waals surface area contributed by atoms with E-state index in [1.54, 1.807) is 36.4 Å². The highest BCUT2D eigenvalue weighted by molar-refractivity contribution is 7.89. The van der Waals surface area contributed by atoms with Crippen molar-refractivity contribution in [3.63, 3.8) is 0 Å². The number of carbonyl (C=O) groups excluding carboxylic acids is 1. The first kappa shape index (κ1) is 25.3. The number of rotatable bonds is 10. The van der Waals surface area contributed by atoms with Gasteiger partial charge in [-0.15, -0.1) is 0 Å². The molecule has 2 aromatic carbocycles. The Morgan fingerprint density at radius 2 is 1.85 bits per heavy atom. The Morgan fingerprint density at radius 3 is 2.48 bits per heavy atom. The molecule has 1 saturated heterocycles. The van der Waals surface area contributed by atoms with E-state index in [9.17, 15) is 13.2 Å². The van der Waals surface area contributed by atoms with E-state index in [2.05, 4.69) is 5.32 Å². The molecule has 1 aliphatic heterocycles. The van der Waals surface area contributed by atoms with Gasteiger partial charge in [0.1, 0.15) is 0 Å². The topological polar surface area (TPSA) is 94.2 Å². The Morgan fingerprint density at radius 1 is 1.15 bits per heavy atom. The van der Waals surface area contributed by atoms with Crippen LogP contribution in [-0.4, -0.2) is 58.7 Å². The van der Waals surface area contributed by atoms with Gasteiger partial charge in [-0.25, -0.2) is 8.42 Å². The van der Waals surface area contributed by atoms with Gasteiger partial charge in [-0.05, 0) is 48.7 Å². The monoisotopic (exact) mass is 496 g/mol. The lowest BCUT2D eigenvalue weighted by atomic mass is 10.1. The van der Waals surface area contributed by atoms with Crippen molar-refractivity contribution in [1.82, 2.24) is 9.62 Å². The molecule has 8 nitrogen and oxygen atoms in total. The first-order chi connectivity index (χ1) is 15.8. The molecule has 180 valence electrons. The average Bonchev–Trinajstić information content (AvgIpc) is 2.83. The third kappa shape index (κ3) is 6.60. The van der Waals surface area contributed by atoms with Gasteiger partial charge in [-0.3, -0.25) is 4.79 Å². The van der Waals surface area contributed by atoms with E-state index >= 15 is 0 Å². The second kappa shape index (κ2) is 11.7. The molecule has 1 aliphatic rings. The van der Waals surface area contributed by atoms with E-state index in [-0.39, 0.29) is 17.2 Å². The van der Waals surface area contributed by atoms with E-state index < -0.39 is 10.0 Å². The predicted molar refractivity (Wildman–Crippen MR) is 125 cm³/mol. The van der Waals surface area contributed by atoms with Crippen LogP contribution in [-0.2, 0) is 32.5 Å². The standard InChI is InChI=1S/C23H29ClN2O6S/c1-3-32-23-20(24)14-18(15-21(23)30-2)16-25-22(27)9-6-17-4-7-19(8-5-17)33(28,29)26-10-12-31-13-11-26/h4-5,7-8,14-15H,3,6,9-13,16H2,1-2H3,(H,25,27). The van der Waals surface area contributed by atoms with Crippen molar-refractivity contribution in [3.8, 4) is 11.5 Å². The minimum Gasteiger partial charge on any atom is -0.493 e. The lowest BCUT2D eigenvalue weighted by Crippen LogP contribution is -2.40. The number of hydrogen-bond acceptors (Lipinski definition) is 6. The summed E-state index contributed by atoms with van der Waals surface area (Å²) in [6.07, 6.45) is 0.772. The highest BCUT2D eigenvalue weighted by Crippen LogP contribution is 2.36. The molecule has 0 aliphatic carbocycles. The molecule has 1 heterocycles. The van der Waals surface area contributed by atoms with Gasteiger partial charge in [-0.1, -0.05) is 23.7 Å². The van der Waals surface area contributed by atoms with Crippen LogP contribution in [0.15, 0.2) is 41.3 Å². The number of ether oxygens (including phenoxy) is 3. The number of benzene rings is 2. The van der Waals surface area contributed by atoms with Crippen molar-refractivity contribution in [2.75, 3.05) is 40.0 Å². The number of methoxy groups -OCH3 is 1. The number of carbonyl (C=O) groups is 1. The second-order valence-electron chi connectivity index (χ2n) is 7.48. The summed E-state index contributed by atoms with van der Waals surface area (Å²) in [5.41, 5.74) is 1.68. The molecule has 0 atom stereocenters. The lowest BCUT2D eigenvalue weighted by Gasteiger charge is -2.26. The zero-order valence-corrected chi connectivity index (χ0v) is 20.4. The molecular weight excluding hydrogens is 468 g/mol. The number of sulfonamides is 1. The van der Waals surface area contributed by atoms with Crippen LogP contribution >= 0.6 is 11.6 Å². The van der Waals surface area contributed by atoms with Gasteiger partial charge in [0.05, 0.1) is 36.8 Å². The maximum absolute atomic E-state index is 12.7. The van der Waals surface area contributed by atoms with Gasteiger partial charge in [0.2, 0.25) is 15.9 Å². The molecular formula is C23H29ClN2O6S. The molecule has 0 bridgehead atoms. The number of nitrogens with zero attached hydrogens (tertiary/aromatic N) is 1. The molecule has 3 rings (SSSR count). The van der Waals surface area contributed by atoms with Gasteiger partial charge < -0.3 is 19.5 Å². The summed E-state index contributed by atoms with van der Waals surface area (Å²) in [5, 5.41) is 3.29. The minimum absolute atomic E-state index is 0.121. The van der Waals surface area contributed by atoms with Crippen molar-refractivity contribution in [1.29, 1.82) is 0 Å². The van der Waals surface area contributed by atoms with Crippen LogP contribution in [0, 0.1) is 0 Å². The van der Waals surface area contributed by atoms with Crippen molar-refractivity contribution in [2.24, 2.45) is 0 Å². The van der Waals surface area contributed by atoms with Gasteiger partial charge in [0, 0.05) is 26.1 Å². The molecule has 0 spiro atoms. The van der Waals surface area contributed by atoms with Crippen LogP contribution in [0.1, 0.15) is 24.5 Å². The number of halogens is 1. The quantitative estimate of drug-likeness (QED) is 0.543. The second-order valence-corrected chi connectivity index (χ2v) is 9.82. The van der Waals surface area contributed by atoms with Crippen LogP contribution in [0.5, 0.6) is 11.5 Å². The van der Waals surface area contributed by atoms with E-state index in [4.69, 9.17) is 25.8 Å². The van der Waals surface area contributed by atoms with Crippen LogP contribution in [0.4, 0.5) is 0 Å². The van der Waals surface area contributed by atoms with Crippen LogP contribution in [0.25, 0.3) is 0 Å². The Bertz CT molecular complexity index is 1050. The van der Waals surface area contributed by atoms with Gasteiger partial charge in [0.15, 0.2) is 11.5 Å². The maximum Gasteiger partial charge on any atom is 0.243 e. The highest BCUT2D eigenvalue weighted by Gasteiger charge is 2.26. The fourth-order valence-electron chi connectivity index (χ4n) is 3.47. The van der Waals surface area contributed by atoms with Crippen molar-refractivity contribution < 1.29 is 27.4 Å². The van der Waals surface area contributed by atoms with Crippen LogP contribution < -0.4 is 14.8 Å². The smallest absolute Gasteiger partial charge is 0.243 e. The molecule has 33 heavy (non-hydrogen) atoms. The van der Waals surface area contributed by atoms with Gasteiger partial charge in [0.25, 0.3) is 0 Å². The summed E-state index contributed by atoms with van der Waals surface area (Å²) >= 11 is 6.27. The van der Waals surface area contributed by atoms with E-state index in [0.717, 1.165) is 11.1 Å². The molecule has 1 fully saturated rings. The van der Waals surface area contributed by atoms with E-state index in [0.29, 0.717) is 62.4 Å². The molecule has 1 N–H and O–H groups in total. The minimum atomic E-state index is -3.52. The highest BCUT2D eigenvalue weighted by atomic mass is 35.5. The third-order valence-corrected chi connectivity index (χ3v) is 7.43. The Labute approximate surface area is 199 Å². The SMILES string of the molecule is CCOc1c(Cl)cc(CNC(=O)CCc2ccc(S(=O)(=O)N3CCOCC3)cc2)cc1OC. The number of nitrogens with one attached hydrogen (secondary N) is 1. The normalized spacial score (nSPS) is 14.6. The van der Waals surface area contributed by atoms with Gasteiger partial charge >= 0.3 is 0 Å². The molecule has 0 aromatic heterocycles. The fourth-order valence-corrected chi connectivity index (χ4v) is 5.17. The fraction of sp³-hybridized carbons (Fsp3) is 0.435. The molecule has 0 radical (unpaired) electrons. The van der Waals surface area contributed by atoms with Crippen LogP contribution in [0.3, 0.4) is 0 Å². The number of morpholine rings is 1. The zero-order valence-electron chi connectivity index (χ0n) is 18.8. The molecule has 0 unspecified atom stereocenters. The van der Waals surface area contributed by atoms with Gasteiger partial charge in [-0.2, -0.15) is 4.31 Å². The van der Waals surface area contributed by atoms with Crippen molar-refractivity contribution in [3.05, 3.63) is 52.5 Å². The molecule has 0 saturated carbocycles. The van der Waals surface area contributed by atoms with Crippen molar-refractivity contribution in [2.45, 2.75) is 31.2 Å². The maximum atomic E-state index is 12.7. The third-order valence-electron chi connectivity index (χ3n) is 5.24. The summed E-state index contributed by atoms with van der Waals surface area (Å²) < 4.78 is 42.9. The summed E-state index contributed by atoms with van der Waals surface area (Å²) in [6.45, 7) is 4.15. The Balaban J connectivity index is 1.52.